The molecule has 0 saturated carbocycles. The summed E-state index contributed by atoms with van der Waals surface area (Å²) in [6.45, 7) is 0.723. The van der Waals surface area contributed by atoms with Gasteiger partial charge in [0.1, 0.15) is 12.3 Å². The predicted molar refractivity (Wildman–Crippen MR) is 109 cm³/mol. The normalized spacial score (nSPS) is 11.0. The first-order valence-corrected chi connectivity index (χ1v) is 9.24. The summed E-state index contributed by atoms with van der Waals surface area (Å²) in [5.74, 6) is -0.846. The number of nitrogens with zero attached hydrogens (tertiary/aromatic N) is 1. The van der Waals surface area contributed by atoms with Crippen LogP contribution in [-0.4, -0.2) is 36.4 Å². The van der Waals surface area contributed by atoms with E-state index < -0.39 is 12.5 Å². The lowest BCUT2D eigenvalue weighted by Crippen LogP contribution is -2.37. The van der Waals surface area contributed by atoms with Crippen LogP contribution >= 0.6 is 11.6 Å². The molecule has 2 rings (SSSR count). The molecule has 5 nitrogen and oxygen atoms in total. The number of halogens is 3. The summed E-state index contributed by atoms with van der Waals surface area (Å²) in [5, 5.41) is 3.22. The van der Waals surface area contributed by atoms with E-state index in [2.05, 4.69) is 10.1 Å². The summed E-state index contributed by atoms with van der Waals surface area (Å²) in [5.41, 5.74) is 1.74. The fourth-order valence-corrected chi connectivity index (χ4v) is 2.70. The van der Waals surface area contributed by atoms with Crippen LogP contribution < -0.4 is 10.1 Å². The SMILES string of the molecule is CCN(CC(=O)Nc1cc(Cl)ccc1C)C(=O)/C=C/c1ccccc1OC(F)F. The van der Waals surface area contributed by atoms with Gasteiger partial charge in [-0.25, -0.2) is 0 Å². The predicted octanol–water partition coefficient (Wildman–Crippen LogP) is 4.75. The second-order valence-corrected chi connectivity index (χ2v) is 6.55. The second-order valence-electron chi connectivity index (χ2n) is 6.11. The number of carbonyl (C=O) groups is 2. The van der Waals surface area contributed by atoms with Crippen molar-refractivity contribution in [3.63, 3.8) is 0 Å². The fraction of sp³-hybridized carbons (Fsp3) is 0.238. The molecule has 2 amide bonds. The maximum Gasteiger partial charge on any atom is 0.387 e. The number of aryl methyl sites for hydroxylation is 1. The maximum absolute atomic E-state index is 12.5. The Kier molecular flexibility index (Phi) is 8.15. The zero-order chi connectivity index (χ0) is 21.4. The van der Waals surface area contributed by atoms with Gasteiger partial charge in [-0.15, -0.1) is 0 Å². The number of amides is 2. The van der Waals surface area contributed by atoms with Crippen LogP contribution in [0.1, 0.15) is 18.1 Å². The monoisotopic (exact) mass is 422 g/mol. The van der Waals surface area contributed by atoms with Gasteiger partial charge in [-0.2, -0.15) is 8.78 Å². The molecule has 8 heteroatoms. The fourth-order valence-electron chi connectivity index (χ4n) is 2.53. The lowest BCUT2D eigenvalue weighted by Gasteiger charge is -2.19. The summed E-state index contributed by atoms with van der Waals surface area (Å²) in [4.78, 5) is 26.1. The number of likely N-dealkylation sites (N-methyl/N-ethyl adjacent to an activating group) is 1. The van der Waals surface area contributed by atoms with Crippen molar-refractivity contribution in [3.05, 3.63) is 64.7 Å². The number of alkyl halides is 2. The first-order chi connectivity index (χ1) is 13.8. The van der Waals surface area contributed by atoms with Crippen LogP contribution in [0.15, 0.2) is 48.5 Å². The van der Waals surface area contributed by atoms with Crippen molar-refractivity contribution in [2.45, 2.75) is 20.5 Å². The van der Waals surface area contributed by atoms with E-state index in [1.165, 1.54) is 23.1 Å². The third kappa shape index (κ3) is 6.87. The molecular weight excluding hydrogens is 402 g/mol. The van der Waals surface area contributed by atoms with Crippen LogP contribution in [-0.2, 0) is 9.59 Å². The van der Waals surface area contributed by atoms with E-state index in [1.807, 2.05) is 6.92 Å². The van der Waals surface area contributed by atoms with E-state index >= 15 is 0 Å². The van der Waals surface area contributed by atoms with Crippen molar-refractivity contribution >= 4 is 35.2 Å². The highest BCUT2D eigenvalue weighted by Gasteiger charge is 2.15. The Labute approximate surface area is 172 Å². The minimum atomic E-state index is -2.97. The number of ether oxygens (including phenoxy) is 1. The van der Waals surface area contributed by atoms with Crippen molar-refractivity contribution in [2.24, 2.45) is 0 Å². The summed E-state index contributed by atoms with van der Waals surface area (Å²) < 4.78 is 29.4. The molecular formula is C21H21ClF2N2O3. The first-order valence-electron chi connectivity index (χ1n) is 8.87. The molecule has 2 aromatic carbocycles. The van der Waals surface area contributed by atoms with Crippen molar-refractivity contribution in [1.82, 2.24) is 4.90 Å². The number of hydrogen-bond acceptors (Lipinski definition) is 3. The summed E-state index contributed by atoms with van der Waals surface area (Å²) >= 11 is 5.95. The number of benzene rings is 2. The number of para-hydroxylation sites is 1. The van der Waals surface area contributed by atoms with Crippen LogP contribution in [0, 0.1) is 6.92 Å². The topological polar surface area (TPSA) is 58.6 Å². The summed E-state index contributed by atoms with van der Waals surface area (Å²) in [6, 6.07) is 11.3. The third-order valence-corrected chi connectivity index (χ3v) is 4.28. The Morgan fingerprint density at radius 1 is 1.24 bits per heavy atom. The number of carbonyl (C=O) groups excluding carboxylic acids is 2. The molecule has 0 unspecified atom stereocenters. The Morgan fingerprint density at radius 3 is 2.66 bits per heavy atom. The Bertz CT molecular complexity index is 903. The third-order valence-electron chi connectivity index (χ3n) is 4.04. The van der Waals surface area contributed by atoms with Gasteiger partial charge in [0, 0.05) is 28.9 Å². The van der Waals surface area contributed by atoms with Crippen molar-refractivity contribution < 1.29 is 23.1 Å². The minimum absolute atomic E-state index is 0.0382. The van der Waals surface area contributed by atoms with Gasteiger partial charge in [-0.05, 0) is 43.7 Å². The molecule has 0 fully saturated rings. The molecule has 0 aliphatic carbocycles. The molecule has 0 radical (unpaired) electrons. The Hall–Kier alpha value is -2.93. The van der Waals surface area contributed by atoms with Crippen LogP contribution in [0.2, 0.25) is 5.02 Å². The number of anilines is 1. The molecule has 0 atom stereocenters. The average Bonchev–Trinajstić information content (AvgIpc) is 2.67. The maximum atomic E-state index is 12.5. The first kappa shape index (κ1) is 22.4. The number of rotatable bonds is 8. The zero-order valence-corrected chi connectivity index (χ0v) is 16.7. The molecule has 0 spiro atoms. The quantitative estimate of drug-likeness (QED) is 0.624. The van der Waals surface area contributed by atoms with E-state index in [9.17, 15) is 18.4 Å². The standard InChI is InChI=1S/C21H21ClF2N2O3/c1-3-26(13-19(27)25-17-12-16(22)10-8-14(17)2)20(28)11-9-15-6-4-5-7-18(15)29-21(23)24/h4-12,21H,3,13H2,1-2H3,(H,25,27)/b11-9+. The molecule has 1 N–H and O–H groups in total. The lowest BCUT2D eigenvalue weighted by atomic mass is 10.2. The molecule has 29 heavy (non-hydrogen) atoms. The zero-order valence-electron chi connectivity index (χ0n) is 16.0. The number of nitrogens with one attached hydrogen (secondary N) is 1. The molecule has 0 aliphatic heterocycles. The summed E-state index contributed by atoms with van der Waals surface area (Å²) in [6.07, 6.45) is 2.59. The van der Waals surface area contributed by atoms with Gasteiger partial charge in [0.2, 0.25) is 11.8 Å². The lowest BCUT2D eigenvalue weighted by molar-refractivity contribution is -0.130. The van der Waals surface area contributed by atoms with Gasteiger partial charge in [-0.3, -0.25) is 9.59 Å². The Morgan fingerprint density at radius 2 is 1.97 bits per heavy atom. The smallest absolute Gasteiger partial charge is 0.387 e. The van der Waals surface area contributed by atoms with Gasteiger partial charge >= 0.3 is 6.61 Å². The van der Waals surface area contributed by atoms with E-state index in [-0.39, 0.29) is 18.2 Å². The Balaban J connectivity index is 2.04. The molecule has 2 aromatic rings. The molecule has 0 heterocycles. The largest absolute Gasteiger partial charge is 0.434 e. The molecule has 0 aromatic heterocycles. The van der Waals surface area contributed by atoms with Crippen molar-refractivity contribution in [1.29, 1.82) is 0 Å². The van der Waals surface area contributed by atoms with Gasteiger partial charge in [-0.1, -0.05) is 35.9 Å². The van der Waals surface area contributed by atoms with Crippen LogP contribution in [0.3, 0.4) is 0 Å². The van der Waals surface area contributed by atoms with E-state index in [0.717, 1.165) is 5.56 Å². The van der Waals surface area contributed by atoms with Crippen molar-refractivity contribution in [3.8, 4) is 5.75 Å². The van der Waals surface area contributed by atoms with Crippen LogP contribution in [0.25, 0.3) is 6.08 Å². The highest BCUT2D eigenvalue weighted by atomic mass is 35.5. The highest BCUT2D eigenvalue weighted by Crippen LogP contribution is 2.22. The van der Waals surface area contributed by atoms with Crippen LogP contribution in [0.5, 0.6) is 5.75 Å². The summed E-state index contributed by atoms with van der Waals surface area (Å²) in [7, 11) is 0. The van der Waals surface area contributed by atoms with Gasteiger partial charge in [0.15, 0.2) is 0 Å². The van der Waals surface area contributed by atoms with E-state index in [0.29, 0.717) is 22.8 Å². The van der Waals surface area contributed by atoms with Gasteiger partial charge in [0.05, 0.1) is 0 Å². The molecule has 0 aliphatic rings. The van der Waals surface area contributed by atoms with E-state index in [1.54, 1.807) is 43.3 Å². The van der Waals surface area contributed by atoms with E-state index in [4.69, 9.17) is 11.6 Å². The van der Waals surface area contributed by atoms with Crippen LogP contribution in [0.4, 0.5) is 14.5 Å². The van der Waals surface area contributed by atoms with Gasteiger partial charge in [0.25, 0.3) is 0 Å². The molecule has 0 saturated heterocycles. The molecule has 0 bridgehead atoms. The van der Waals surface area contributed by atoms with Gasteiger partial charge < -0.3 is 15.0 Å². The second kappa shape index (κ2) is 10.6. The van der Waals surface area contributed by atoms with Crippen molar-refractivity contribution in [2.75, 3.05) is 18.4 Å². The minimum Gasteiger partial charge on any atom is -0.434 e. The average molecular weight is 423 g/mol. The number of hydrogen-bond donors (Lipinski definition) is 1. The molecule has 154 valence electrons. The highest BCUT2D eigenvalue weighted by molar-refractivity contribution is 6.31.